The van der Waals surface area contributed by atoms with Gasteiger partial charge in [-0.2, -0.15) is 0 Å². The van der Waals surface area contributed by atoms with Crippen LogP contribution in [0.5, 0.6) is 0 Å². The van der Waals surface area contributed by atoms with Crippen LogP contribution in [-0.4, -0.2) is 13.1 Å². The third-order valence-corrected chi connectivity index (χ3v) is 2.90. The van der Waals surface area contributed by atoms with Gasteiger partial charge >= 0.3 is 0 Å². The number of nitrogens with one attached hydrogen (secondary N) is 1. The van der Waals surface area contributed by atoms with Gasteiger partial charge in [-0.05, 0) is 50.4 Å². The van der Waals surface area contributed by atoms with E-state index in [0.717, 1.165) is 24.8 Å². The van der Waals surface area contributed by atoms with Crippen molar-refractivity contribution in [2.24, 2.45) is 0 Å². The van der Waals surface area contributed by atoms with E-state index in [0.29, 0.717) is 6.04 Å². The van der Waals surface area contributed by atoms with Crippen LogP contribution in [0.4, 0.5) is 4.39 Å². The van der Waals surface area contributed by atoms with E-state index in [1.807, 2.05) is 26.1 Å². The van der Waals surface area contributed by atoms with Crippen LogP contribution in [0.25, 0.3) is 0 Å². The van der Waals surface area contributed by atoms with E-state index in [1.165, 1.54) is 5.56 Å². The third-order valence-electron chi connectivity index (χ3n) is 2.90. The zero-order valence-corrected chi connectivity index (χ0v) is 9.81. The van der Waals surface area contributed by atoms with Crippen LogP contribution >= 0.6 is 0 Å². The summed E-state index contributed by atoms with van der Waals surface area (Å²) in [4.78, 5) is 0. The van der Waals surface area contributed by atoms with Crippen molar-refractivity contribution >= 4 is 0 Å². The Kier molecular flexibility index (Phi) is 4.76. The van der Waals surface area contributed by atoms with Crippen molar-refractivity contribution in [1.29, 1.82) is 0 Å². The first kappa shape index (κ1) is 12.2. The van der Waals surface area contributed by atoms with Crippen LogP contribution in [0.3, 0.4) is 0 Å². The molecule has 1 aromatic carbocycles. The standard InChI is InChI=1S/C13H20FN/c1-4-12(15-3)7-5-11-6-8-13(14)10(2)9-11/h6,8-9,12,15H,4-5,7H2,1-3H3. The molecule has 1 rings (SSSR count). The summed E-state index contributed by atoms with van der Waals surface area (Å²) in [6.07, 6.45) is 3.26. The molecule has 1 atom stereocenters. The minimum Gasteiger partial charge on any atom is -0.317 e. The summed E-state index contributed by atoms with van der Waals surface area (Å²) in [6, 6.07) is 5.95. The molecule has 1 N–H and O–H groups in total. The molecule has 0 aliphatic rings. The van der Waals surface area contributed by atoms with Gasteiger partial charge in [0.15, 0.2) is 0 Å². The van der Waals surface area contributed by atoms with E-state index in [9.17, 15) is 4.39 Å². The SMILES string of the molecule is CCC(CCc1ccc(F)c(C)c1)NC. The van der Waals surface area contributed by atoms with Crippen LogP contribution in [0.1, 0.15) is 30.9 Å². The van der Waals surface area contributed by atoms with Gasteiger partial charge in [-0.1, -0.05) is 19.1 Å². The highest BCUT2D eigenvalue weighted by Crippen LogP contribution is 2.12. The monoisotopic (exact) mass is 209 g/mol. The molecule has 0 saturated heterocycles. The molecule has 0 bridgehead atoms. The number of hydrogen-bond donors (Lipinski definition) is 1. The maximum absolute atomic E-state index is 13.0. The van der Waals surface area contributed by atoms with Gasteiger partial charge in [0.05, 0.1) is 0 Å². The normalized spacial score (nSPS) is 12.8. The molecule has 15 heavy (non-hydrogen) atoms. The Balaban J connectivity index is 2.54. The molecule has 1 aromatic rings. The van der Waals surface area contributed by atoms with E-state index in [1.54, 1.807) is 6.07 Å². The fourth-order valence-electron chi connectivity index (χ4n) is 1.76. The second-order valence-corrected chi connectivity index (χ2v) is 4.02. The number of halogens is 1. The van der Waals surface area contributed by atoms with Gasteiger partial charge in [0.25, 0.3) is 0 Å². The molecule has 0 radical (unpaired) electrons. The molecule has 1 unspecified atom stereocenters. The summed E-state index contributed by atoms with van der Waals surface area (Å²) >= 11 is 0. The molecular weight excluding hydrogens is 189 g/mol. The van der Waals surface area contributed by atoms with Crippen LogP contribution in [0, 0.1) is 12.7 Å². The first-order valence-electron chi connectivity index (χ1n) is 5.59. The van der Waals surface area contributed by atoms with Crippen molar-refractivity contribution in [3.05, 3.63) is 35.1 Å². The molecule has 0 spiro atoms. The predicted octanol–water partition coefficient (Wildman–Crippen LogP) is 3.06. The highest BCUT2D eigenvalue weighted by molar-refractivity contribution is 5.24. The largest absolute Gasteiger partial charge is 0.317 e. The molecule has 2 heteroatoms. The van der Waals surface area contributed by atoms with Gasteiger partial charge in [0, 0.05) is 6.04 Å². The molecule has 84 valence electrons. The maximum Gasteiger partial charge on any atom is 0.126 e. The lowest BCUT2D eigenvalue weighted by molar-refractivity contribution is 0.508. The van der Waals surface area contributed by atoms with Crippen LogP contribution in [0.15, 0.2) is 18.2 Å². The lowest BCUT2D eigenvalue weighted by Gasteiger charge is -2.13. The second-order valence-electron chi connectivity index (χ2n) is 4.02. The second kappa shape index (κ2) is 5.86. The van der Waals surface area contributed by atoms with E-state index in [4.69, 9.17) is 0 Å². The summed E-state index contributed by atoms with van der Waals surface area (Å²) in [5, 5.41) is 3.27. The van der Waals surface area contributed by atoms with Crippen LogP contribution in [0.2, 0.25) is 0 Å². The zero-order chi connectivity index (χ0) is 11.3. The number of hydrogen-bond acceptors (Lipinski definition) is 1. The van der Waals surface area contributed by atoms with Crippen LogP contribution in [-0.2, 0) is 6.42 Å². The first-order chi connectivity index (χ1) is 7.17. The van der Waals surface area contributed by atoms with Crippen molar-refractivity contribution in [2.75, 3.05) is 7.05 Å². The van der Waals surface area contributed by atoms with Crippen molar-refractivity contribution in [1.82, 2.24) is 5.32 Å². The molecule has 0 aliphatic carbocycles. The minimum absolute atomic E-state index is 0.112. The van der Waals surface area contributed by atoms with Gasteiger partial charge < -0.3 is 5.32 Å². The van der Waals surface area contributed by atoms with Crippen molar-refractivity contribution in [3.8, 4) is 0 Å². The van der Waals surface area contributed by atoms with Gasteiger partial charge in [-0.15, -0.1) is 0 Å². The van der Waals surface area contributed by atoms with Gasteiger partial charge in [-0.3, -0.25) is 0 Å². The Morgan fingerprint density at radius 3 is 2.67 bits per heavy atom. The van der Waals surface area contributed by atoms with E-state index in [2.05, 4.69) is 12.2 Å². The van der Waals surface area contributed by atoms with Gasteiger partial charge in [0.1, 0.15) is 5.82 Å². The molecule has 0 saturated carbocycles. The predicted molar refractivity (Wildman–Crippen MR) is 62.6 cm³/mol. The van der Waals surface area contributed by atoms with Crippen molar-refractivity contribution in [2.45, 2.75) is 39.2 Å². The van der Waals surface area contributed by atoms with Crippen molar-refractivity contribution in [3.63, 3.8) is 0 Å². The average molecular weight is 209 g/mol. The smallest absolute Gasteiger partial charge is 0.126 e. The highest BCUT2D eigenvalue weighted by Gasteiger charge is 2.04. The molecule has 0 amide bonds. The molecule has 1 nitrogen and oxygen atoms in total. The van der Waals surface area contributed by atoms with Crippen molar-refractivity contribution < 1.29 is 4.39 Å². The fraction of sp³-hybridized carbons (Fsp3) is 0.538. The average Bonchev–Trinajstić information content (AvgIpc) is 2.24. The summed E-state index contributed by atoms with van der Waals surface area (Å²) in [5.74, 6) is -0.112. The van der Waals surface area contributed by atoms with E-state index < -0.39 is 0 Å². The summed E-state index contributed by atoms with van der Waals surface area (Å²) in [5.41, 5.74) is 1.97. The molecular formula is C13H20FN. The fourth-order valence-corrected chi connectivity index (χ4v) is 1.76. The quantitative estimate of drug-likeness (QED) is 0.786. The Morgan fingerprint density at radius 2 is 2.13 bits per heavy atom. The summed E-state index contributed by atoms with van der Waals surface area (Å²) in [6.45, 7) is 3.99. The highest BCUT2D eigenvalue weighted by atomic mass is 19.1. The molecule has 0 aliphatic heterocycles. The van der Waals surface area contributed by atoms with Gasteiger partial charge in [0.2, 0.25) is 0 Å². The Labute approximate surface area is 91.7 Å². The van der Waals surface area contributed by atoms with Gasteiger partial charge in [-0.25, -0.2) is 4.39 Å². The molecule has 0 heterocycles. The van der Waals surface area contributed by atoms with E-state index >= 15 is 0 Å². The maximum atomic E-state index is 13.0. The third kappa shape index (κ3) is 3.63. The molecule has 0 aromatic heterocycles. The summed E-state index contributed by atoms with van der Waals surface area (Å²) < 4.78 is 13.0. The number of rotatable bonds is 5. The topological polar surface area (TPSA) is 12.0 Å². The van der Waals surface area contributed by atoms with E-state index in [-0.39, 0.29) is 5.82 Å². The molecule has 0 fully saturated rings. The number of benzene rings is 1. The lowest BCUT2D eigenvalue weighted by Crippen LogP contribution is -2.24. The Morgan fingerprint density at radius 1 is 1.40 bits per heavy atom. The number of aryl methyl sites for hydroxylation is 2. The lowest BCUT2D eigenvalue weighted by atomic mass is 10.0. The minimum atomic E-state index is -0.112. The Hall–Kier alpha value is -0.890. The Bertz CT molecular complexity index is 305. The first-order valence-corrected chi connectivity index (χ1v) is 5.59. The zero-order valence-electron chi connectivity index (χ0n) is 9.81. The van der Waals surface area contributed by atoms with Crippen LogP contribution < -0.4 is 5.32 Å². The summed E-state index contributed by atoms with van der Waals surface area (Å²) in [7, 11) is 1.99.